The fourth-order valence-electron chi connectivity index (χ4n) is 2.47. The molecule has 0 radical (unpaired) electrons. The molecule has 1 atom stereocenters. The molecule has 1 unspecified atom stereocenters. The highest BCUT2D eigenvalue weighted by Gasteiger charge is 2.20. The van der Waals surface area contributed by atoms with Crippen molar-refractivity contribution in [2.24, 2.45) is 0 Å². The monoisotopic (exact) mass is 244 g/mol. The van der Waals surface area contributed by atoms with Crippen LogP contribution in [-0.2, 0) is 13.0 Å². The van der Waals surface area contributed by atoms with Crippen LogP contribution in [-0.4, -0.2) is 36.1 Å². The van der Waals surface area contributed by atoms with Crippen LogP contribution >= 0.6 is 0 Å². The van der Waals surface area contributed by atoms with E-state index in [2.05, 4.69) is 21.3 Å². The molecule has 1 aromatic rings. The SMILES string of the molecule is CCc1ncc(CN2CCC(NC)C2)cc1C#N. The Balaban J connectivity index is 2.04. The van der Waals surface area contributed by atoms with E-state index in [0.717, 1.165) is 42.9 Å². The molecule has 1 aliphatic heterocycles. The Bertz CT molecular complexity index is 450. The van der Waals surface area contributed by atoms with Crippen LogP contribution in [0.15, 0.2) is 12.3 Å². The summed E-state index contributed by atoms with van der Waals surface area (Å²) in [7, 11) is 2.01. The Labute approximate surface area is 109 Å². The first-order valence-electron chi connectivity index (χ1n) is 6.54. The fraction of sp³-hybridized carbons (Fsp3) is 0.571. The van der Waals surface area contributed by atoms with E-state index >= 15 is 0 Å². The van der Waals surface area contributed by atoms with Gasteiger partial charge in [-0.15, -0.1) is 0 Å². The van der Waals surface area contributed by atoms with Crippen molar-refractivity contribution in [2.45, 2.75) is 32.4 Å². The van der Waals surface area contributed by atoms with Crippen LogP contribution in [0.25, 0.3) is 0 Å². The Hall–Kier alpha value is -1.44. The van der Waals surface area contributed by atoms with Crippen LogP contribution in [0.2, 0.25) is 0 Å². The summed E-state index contributed by atoms with van der Waals surface area (Å²) in [6.07, 6.45) is 3.92. The fourth-order valence-corrected chi connectivity index (χ4v) is 2.47. The summed E-state index contributed by atoms with van der Waals surface area (Å²) >= 11 is 0. The van der Waals surface area contributed by atoms with Gasteiger partial charge in [0.1, 0.15) is 6.07 Å². The normalized spacial score (nSPS) is 19.9. The van der Waals surface area contributed by atoms with Crippen molar-refractivity contribution >= 4 is 0 Å². The molecule has 96 valence electrons. The maximum atomic E-state index is 9.10. The summed E-state index contributed by atoms with van der Waals surface area (Å²) in [5.41, 5.74) is 2.76. The number of hydrogen-bond donors (Lipinski definition) is 1. The first-order valence-corrected chi connectivity index (χ1v) is 6.54. The van der Waals surface area contributed by atoms with Gasteiger partial charge in [-0.2, -0.15) is 5.26 Å². The first kappa shape index (κ1) is 13.0. The lowest BCUT2D eigenvalue weighted by atomic mass is 10.1. The largest absolute Gasteiger partial charge is 0.316 e. The molecule has 1 N–H and O–H groups in total. The van der Waals surface area contributed by atoms with Crippen LogP contribution in [0, 0.1) is 11.3 Å². The predicted octanol–water partition coefficient (Wildman–Crippen LogP) is 1.31. The van der Waals surface area contributed by atoms with E-state index in [4.69, 9.17) is 5.26 Å². The third-order valence-electron chi connectivity index (χ3n) is 3.57. The molecule has 2 rings (SSSR count). The molecule has 0 aromatic carbocycles. The molecule has 1 fully saturated rings. The van der Waals surface area contributed by atoms with Crippen LogP contribution in [0.1, 0.15) is 30.2 Å². The van der Waals surface area contributed by atoms with Gasteiger partial charge in [0.25, 0.3) is 0 Å². The van der Waals surface area contributed by atoms with Gasteiger partial charge in [0.05, 0.1) is 11.3 Å². The Morgan fingerprint density at radius 2 is 2.44 bits per heavy atom. The van der Waals surface area contributed by atoms with Gasteiger partial charge in [-0.3, -0.25) is 9.88 Å². The Morgan fingerprint density at radius 3 is 3.06 bits per heavy atom. The van der Waals surface area contributed by atoms with Gasteiger partial charge in [-0.05, 0) is 31.5 Å². The number of likely N-dealkylation sites (N-methyl/N-ethyl adjacent to an activating group) is 1. The van der Waals surface area contributed by atoms with E-state index in [-0.39, 0.29) is 0 Å². The molecule has 2 heterocycles. The van der Waals surface area contributed by atoms with Crippen LogP contribution in [0.3, 0.4) is 0 Å². The van der Waals surface area contributed by atoms with Gasteiger partial charge in [-0.1, -0.05) is 6.92 Å². The summed E-state index contributed by atoms with van der Waals surface area (Å²) in [6.45, 7) is 5.11. The molecule has 1 saturated heterocycles. The summed E-state index contributed by atoms with van der Waals surface area (Å²) in [5, 5.41) is 12.4. The molecule has 0 spiro atoms. The average Bonchev–Trinajstić information content (AvgIpc) is 2.86. The number of aryl methyl sites for hydroxylation is 1. The minimum Gasteiger partial charge on any atom is -0.316 e. The minimum atomic E-state index is 0.600. The van der Waals surface area contributed by atoms with Crippen LogP contribution < -0.4 is 5.32 Å². The van der Waals surface area contributed by atoms with E-state index in [1.54, 1.807) is 0 Å². The second kappa shape index (κ2) is 5.94. The number of aromatic nitrogens is 1. The summed E-state index contributed by atoms with van der Waals surface area (Å²) in [4.78, 5) is 6.79. The standard InChI is InChI=1S/C14H20N4/c1-3-14-12(7-15)6-11(8-17-14)9-18-5-4-13(10-18)16-2/h6,8,13,16H,3-5,9-10H2,1-2H3. The predicted molar refractivity (Wildman–Crippen MR) is 71.1 cm³/mol. The van der Waals surface area contributed by atoms with Gasteiger partial charge in [-0.25, -0.2) is 0 Å². The smallest absolute Gasteiger partial charge is 0.101 e. The van der Waals surface area contributed by atoms with Crippen LogP contribution in [0.5, 0.6) is 0 Å². The van der Waals surface area contributed by atoms with E-state index in [0.29, 0.717) is 6.04 Å². The quantitative estimate of drug-likeness (QED) is 0.867. The second-order valence-corrected chi connectivity index (χ2v) is 4.81. The van der Waals surface area contributed by atoms with E-state index in [1.165, 1.54) is 6.42 Å². The van der Waals surface area contributed by atoms with E-state index in [9.17, 15) is 0 Å². The van der Waals surface area contributed by atoms with Gasteiger partial charge >= 0.3 is 0 Å². The highest BCUT2D eigenvalue weighted by molar-refractivity contribution is 5.35. The molecule has 1 aliphatic rings. The Kier molecular flexibility index (Phi) is 4.29. The Morgan fingerprint density at radius 1 is 1.61 bits per heavy atom. The number of rotatable bonds is 4. The summed E-state index contributed by atoms with van der Waals surface area (Å²) < 4.78 is 0. The molecule has 0 aliphatic carbocycles. The van der Waals surface area contributed by atoms with Gasteiger partial charge in [0.15, 0.2) is 0 Å². The van der Waals surface area contributed by atoms with Gasteiger partial charge < -0.3 is 5.32 Å². The zero-order valence-corrected chi connectivity index (χ0v) is 11.1. The van der Waals surface area contributed by atoms with Gasteiger partial charge in [0, 0.05) is 31.9 Å². The molecule has 18 heavy (non-hydrogen) atoms. The zero-order chi connectivity index (χ0) is 13.0. The van der Waals surface area contributed by atoms with Crippen molar-refractivity contribution in [1.82, 2.24) is 15.2 Å². The van der Waals surface area contributed by atoms with Crippen molar-refractivity contribution in [3.8, 4) is 6.07 Å². The molecular formula is C14H20N4. The molecular weight excluding hydrogens is 224 g/mol. The maximum absolute atomic E-state index is 9.10. The average molecular weight is 244 g/mol. The van der Waals surface area contributed by atoms with E-state index in [1.807, 2.05) is 26.2 Å². The third kappa shape index (κ3) is 2.87. The van der Waals surface area contributed by atoms with Crippen LogP contribution in [0.4, 0.5) is 0 Å². The zero-order valence-electron chi connectivity index (χ0n) is 11.1. The topological polar surface area (TPSA) is 52.0 Å². The number of nitriles is 1. The maximum Gasteiger partial charge on any atom is 0.101 e. The number of nitrogens with one attached hydrogen (secondary N) is 1. The summed E-state index contributed by atoms with van der Waals surface area (Å²) in [5.74, 6) is 0. The molecule has 4 heteroatoms. The number of pyridine rings is 1. The first-order chi connectivity index (χ1) is 8.76. The molecule has 0 bridgehead atoms. The molecule has 1 aromatic heterocycles. The van der Waals surface area contributed by atoms with Crippen molar-refractivity contribution in [3.63, 3.8) is 0 Å². The van der Waals surface area contributed by atoms with E-state index < -0.39 is 0 Å². The second-order valence-electron chi connectivity index (χ2n) is 4.81. The van der Waals surface area contributed by atoms with Crippen molar-refractivity contribution in [2.75, 3.05) is 20.1 Å². The molecule has 0 saturated carbocycles. The van der Waals surface area contributed by atoms with Gasteiger partial charge in [0.2, 0.25) is 0 Å². The third-order valence-corrected chi connectivity index (χ3v) is 3.57. The van der Waals surface area contributed by atoms with Crippen molar-refractivity contribution in [1.29, 1.82) is 5.26 Å². The van der Waals surface area contributed by atoms with Crippen molar-refractivity contribution < 1.29 is 0 Å². The highest BCUT2D eigenvalue weighted by Crippen LogP contribution is 2.15. The molecule has 0 amide bonds. The number of nitrogens with zero attached hydrogens (tertiary/aromatic N) is 3. The summed E-state index contributed by atoms with van der Waals surface area (Å²) in [6, 6.07) is 4.82. The molecule has 4 nitrogen and oxygen atoms in total. The number of hydrogen-bond acceptors (Lipinski definition) is 4. The lowest BCUT2D eigenvalue weighted by Crippen LogP contribution is -2.29. The lowest BCUT2D eigenvalue weighted by Gasteiger charge is -2.16. The number of likely N-dealkylation sites (tertiary alicyclic amines) is 1. The lowest BCUT2D eigenvalue weighted by molar-refractivity contribution is 0.322. The van der Waals surface area contributed by atoms with Crippen molar-refractivity contribution in [3.05, 3.63) is 29.1 Å². The minimum absolute atomic E-state index is 0.600. The highest BCUT2D eigenvalue weighted by atomic mass is 15.2.